The van der Waals surface area contributed by atoms with Gasteiger partial charge < -0.3 is 9.64 Å². The smallest absolute Gasteiger partial charge is 0.280 e. The van der Waals surface area contributed by atoms with Gasteiger partial charge in [0.2, 0.25) is 0 Å². The van der Waals surface area contributed by atoms with E-state index in [9.17, 15) is 18.4 Å². The van der Waals surface area contributed by atoms with Gasteiger partial charge >= 0.3 is 0 Å². The van der Waals surface area contributed by atoms with E-state index < -0.39 is 18.0 Å². The molecule has 9 nitrogen and oxygen atoms in total. The fourth-order valence-corrected chi connectivity index (χ4v) is 5.32. The lowest BCUT2D eigenvalue weighted by molar-refractivity contribution is 0.0744. The van der Waals surface area contributed by atoms with Crippen LogP contribution in [0.1, 0.15) is 54.9 Å². The molecule has 0 bridgehead atoms. The number of aromatic nitrogens is 4. The van der Waals surface area contributed by atoms with Gasteiger partial charge in [0.25, 0.3) is 18.2 Å². The molecule has 1 N–H and O–H groups in total. The average Bonchev–Trinajstić information content (AvgIpc) is 3.48. The number of hydrogen-bond donors (Lipinski definition) is 1. The number of thiazole rings is 1. The quantitative estimate of drug-likeness (QED) is 0.320. The Morgan fingerprint density at radius 1 is 1.08 bits per heavy atom. The van der Waals surface area contributed by atoms with Crippen LogP contribution < -0.4 is 10.1 Å². The van der Waals surface area contributed by atoms with Crippen molar-refractivity contribution in [1.29, 1.82) is 0 Å². The van der Waals surface area contributed by atoms with Crippen LogP contribution in [-0.2, 0) is 13.1 Å². The molecule has 5 rings (SSSR count). The molecule has 0 saturated heterocycles. The number of hydrogen-bond acceptors (Lipinski definition) is 8. The second-order valence-corrected chi connectivity index (χ2v) is 10.3. The van der Waals surface area contributed by atoms with Crippen molar-refractivity contribution in [2.24, 2.45) is 0 Å². The first-order valence-electron chi connectivity index (χ1n) is 11.7. The van der Waals surface area contributed by atoms with Crippen LogP contribution >= 0.6 is 22.9 Å². The maximum Gasteiger partial charge on any atom is 0.280 e. The van der Waals surface area contributed by atoms with Gasteiger partial charge in [0.1, 0.15) is 17.1 Å². The summed E-state index contributed by atoms with van der Waals surface area (Å²) in [6, 6.07) is 6.19. The third kappa shape index (κ3) is 5.30. The van der Waals surface area contributed by atoms with Crippen molar-refractivity contribution in [3.63, 3.8) is 0 Å². The highest BCUT2D eigenvalue weighted by Crippen LogP contribution is 2.36. The highest BCUT2D eigenvalue weighted by Gasteiger charge is 2.30. The van der Waals surface area contributed by atoms with Crippen molar-refractivity contribution >= 4 is 39.9 Å². The van der Waals surface area contributed by atoms with Crippen LogP contribution in [0.3, 0.4) is 0 Å². The van der Waals surface area contributed by atoms with Crippen LogP contribution in [0, 0.1) is 13.8 Å². The zero-order valence-electron chi connectivity index (χ0n) is 21.0. The largest absolute Gasteiger partial charge is 0.494 e. The van der Waals surface area contributed by atoms with Crippen molar-refractivity contribution in [1.82, 2.24) is 24.8 Å². The second-order valence-electron chi connectivity index (χ2n) is 8.77. The van der Waals surface area contributed by atoms with E-state index in [2.05, 4.69) is 25.3 Å². The molecule has 200 valence electrons. The van der Waals surface area contributed by atoms with Gasteiger partial charge in [-0.25, -0.2) is 18.7 Å². The van der Waals surface area contributed by atoms with Crippen LogP contribution in [0.4, 0.5) is 13.9 Å². The first kappa shape index (κ1) is 26.6. The van der Waals surface area contributed by atoms with Crippen molar-refractivity contribution < 1.29 is 23.1 Å². The SMILES string of the molecule is COc1cnc(C(F)F)cc1-c1cc(C)ncc1C(=O)Nc1nc2c(s1)CN(C(=O)c1nc(C)ccc1Cl)C2. The Kier molecular flexibility index (Phi) is 7.23. The fraction of sp³-hybridized carbons (Fsp3) is 0.231. The maximum absolute atomic E-state index is 13.4. The lowest BCUT2D eigenvalue weighted by Gasteiger charge is -2.16. The first-order valence-corrected chi connectivity index (χ1v) is 12.9. The van der Waals surface area contributed by atoms with E-state index >= 15 is 0 Å². The summed E-state index contributed by atoms with van der Waals surface area (Å²) in [5.41, 5.74) is 2.47. The zero-order chi connectivity index (χ0) is 27.8. The van der Waals surface area contributed by atoms with E-state index in [4.69, 9.17) is 16.3 Å². The minimum Gasteiger partial charge on any atom is -0.494 e. The molecule has 1 aliphatic heterocycles. The number of alkyl halides is 2. The maximum atomic E-state index is 13.4. The zero-order valence-corrected chi connectivity index (χ0v) is 22.5. The van der Waals surface area contributed by atoms with E-state index in [0.717, 1.165) is 4.88 Å². The average molecular weight is 571 g/mol. The molecule has 2 amide bonds. The summed E-state index contributed by atoms with van der Waals surface area (Å²) in [5.74, 6) is -0.587. The van der Waals surface area contributed by atoms with Crippen LogP contribution in [0.5, 0.6) is 5.75 Å². The van der Waals surface area contributed by atoms with Gasteiger partial charge in [-0.05, 0) is 38.1 Å². The highest BCUT2D eigenvalue weighted by atomic mass is 35.5. The lowest BCUT2D eigenvalue weighted by Crippen LogP contribution is -2.27. The number of fused-ring (bicyclic) bond motifs is 1. The third-order valence-electron chi connectivity index (χ3n) is 6.06. The molecule has 39 heavy (non-hydrogen) atoms. The number of carbonyl (C=O) groups excluding carboxylic acids is 2. The molecule has 0 aliphatic carbocycles. The van der Waals surface area contributed by atoms with E-state index in [1.807, 2.05) is 0 Å². The molecule has 0 aromatic carbocycles. The van der Waals surface area contributed by atoms with Crippen molar-refractivity contribution in [3.8, 4) is 16.9 Å². The van der Waals surface area contributed by atoms with E-state index in [-0.39, 0.29) is 40.0 Å². The molecule has 0 unspecified atom stereocenters. The van der Waals surface area contributed by atoms with Gasteiger partial charge in [0.15, 0.2) is 5.13 Å². The number of nitrogens with zero attached hydrogens (tertiary/aromatic N) is 5. The summed E-state index contributed by atoms with van der Waals surface area (Å²) >= 11 is 7.42. The number of rotatable bonds is 6. The Balaban J connectivity index is 1.38. The Bertz CT molecular complexity index is 1590. The van der Waals surface area contributed by atoms with Crippen molar-refractivity contribution in [2.75, 3.05) is 12.4 Å². The van der Waals surface area contributed by atoms with Gasteiger partial charge in [0.05, 0.1) is 47.6 Å². The van der Waals surface area contributed by atoms with Crippen molar-refractivity contribution in [3.05, 3.63) is 80.6 Å². The number of pyridine rings is 3. The van der Waals surface area contributed by atoms with Gasteiger partial charge in [-0.2, -0.15) is 0 Å². The van der Waals surface area contributed by atoms with Gasteiger partial charge in [-0.15, -0.1) is 0 Å². The summed E-state index contributed by atoms with van der Waals surface area (Å²) in [6.45, 7) is 4.05. The van der Waals surface area contributed by atoms with Gasteiger partial charge in [-0.3, -0.25) is 24.9 Å². The number of carbonyl (C=O) groups is 2. The molecular formula is C26H21ClF2N6O3S. The predicted molar refractivity (Wildman–Crippen MR) is 141 cm³/mol. The Hall–Kier alpha value is -4.03. The standard InChI is InChI=1S/C26H21ClF2N6O3S/c1-12-4-5-17(27)22(32-12)25(37)35-10-19-21(11-35)39-26(33-19)34-24(36)16-8-30-13(2)6-14(16)15-7-18(23(28)29)31-9-20(15)38-3/h4-9,23H,10-11H2,1-3H3,(H,33,34,36). The number of anilines is 1. The number of ether oxygens (including phenoxy) is 1. The number of aryl methyl sites for hydroxylation is 2. The topological polar surface area (TPSA) is 110 Å². The van der Waals surface area contributed by atoms with E-state index in [1.54, 1.807) is 36.9 Å². The Labute approximate surface area is 230 Å². The molecule has 0 atom stereocenters. The molecule has 0 radical (unpaired) electrons. The second kappa shape index (κ2) is 10.6. The minimum atomic E-state index is -2.79. The van der Waals surface area contributed by atoms with Crippen molar-refractivity contribution in [2.45, 2.75) is 33.4 Å². The summed E-state index contributed by atoms with van der Waals surface area (Å²) in [4.78, 5) is 45.4. The van der Waals surface area contributed by atoms with Crippen LogP contribution in [-0.4, -0.2) is 43.8 Å². The Morgan fingerprint density at radius 3 is 2.59 bits per heavy atom. The number of methoxy groups -OCH3 is 1. The van der Waals surface area contributed by atoms with E-state index in [0.29, 0.717) is 34.3 Å². The molecule has 0 fully saturated rings. The normalized spacial score (nSPS) is 12.5. The number of amides is 2. The van der Waals surface area contributed by atoms with Crippen LogP contribution in [0.15, 0.2) is 36.7 Å². The Morgan fingerprint density at radius 2 is 1.87 bits per heavy atom. The number of halogens is 3. The first-order chi connectivity index (χ1) is 18.6. The van der Waals surface area contributed by atoms with Crippen LogP contribution in [0.2, 0.25) is 5.02 Å². The molecule has 0 saturated carbocycles. The third-order valence-corrected chi connectivity index (χ3v) is 7.36. The molecule has 4 aromatic rings. The van der Waals surface area contributed by atoms with Crippen LogP contribution in [0.25, 0.3) is 11.1 Å². The highest BCUT2D eigenvalue weighted by molar-refractivity contribution is 7.16. The monoisotopic (exact) mass is 570 g/mol. The molecule has 13 heteroatoms. The number of nitrogens with one attached hydrogen (secondary N) is 1. The summed E-state index contributed by atoms with van der Waals surface area (Å²) in [7, 11) is 1.39. The molecular weight excluding hydrogens is 550 g/mol. The summed E-state index contributed by atoms with van der Waals surface area (Å²) in [5, 5.41) is 3.38. The summed E-state index contributed by atoms with van der Waals surface area (Å²) in [6.07, 6.45) is -0.217. The minimum absolute atomic E-state index is 0.151. The molecule has 5 heterocycles. The van der Waals surface area contributed by atoms with Gasteiger partial charge in [-0.1, -0.05) is 22.9 Å². The lowest BCUT2D eigenvalue weighted by atomic mass is 9.99. The van der Waals surface area contributed by atoms with Gasteiger partial charge in [0, 0.05) is 28.7 Å². The molecule has 4 aromatic heterocycles. The molecule has 0 spiro atoms. The van der Waals surface area contributed by atoms with E-state index in [1.165, 1.54) is 36.9 Å². The fourth-order valence-electron chi connectivity index (χ4n) is 4.16. The predicted octanol–water partition coefficient (Wildman–Crippen LogP) is 5.62. The molecule has 1 aliphatic rings. The summed E-state index contributed by atoms with van der Waals surface area (Å²) < 4.78 is 32.1.